The highest BCUT2D eigenvalue weighted by atomic mass is 16.5. The number of fused-ring (bicyclic) bond motifs is 1. The summed E-state index contributed by atoms with van der Waals surface area (Å²) >= 11 is 0. The quantitative estimate of drug-likeness (QED) is 0.350. The Morgan fingerprint density at radius 2 is 1.82 bits per heavy atom. The average Bonchev–Trinajstić information content (AvgIpc) is 3.36. The second-order valence-corrected chi connectivity index (χ2v) is 7.66. The first-order chi connectivity index (χ1) is 16.4. The van der Waals surface area contributed by atoms with Crippen LogP contribution in [0.15, 0.2) is 47.3 Å². The molecule has 0 saturated heterocycles. The number of aromatic amines is 1. The molecule has 0 aliphatic carbocycles. The van der Waals surface area contributed by atoms with Gasteiger partial charge in [-0.2, -0.15) is 4.80 Å². The Morgan fingerprint density at radius 3 is 2.56 bits per heavy atom. The summed E-state index contributed by atoms with van der Waals surface area (Å²) in [6, 6.07) is 13.0. The molecule has 12 nitrogen and oxygen atoms in total. The molecule has 0 radical (unpaired) electrons. The van der Waals surface area contributed by atoms with E-state index in [0.29, 0.717) is 51.2 Å². The third kappa shape index (κ3) is 3.81. The molecule has 12 heteroatoms. The molecule has 34 heavy (non-hydrogen) atoms. The van der Waals surface area contributed by atoms with Gasteiger partial charge < -0.3 is 15.4 Å². The number of H-pyrrole nitrogens is 1. The molecular formula is C22H22N10O2. The molecule has 0 spiro atoms. The number of tetrazole rings is 1. The summed E-state index contributed by atoms with van der Waals surface area (Å²) in [6.45, 7) is 1.91. The second-order valence-electron chi connectivity index (χ2n) is 7.66. The first kappa shape index (κ1) is 21.1. The summed E-state index contributed by atoms with van der Waals surface area (Å²) in [6.07, 6.45) is 0. The van der Waals surface area contributed by atoms with Crippen LogP contribution in [0.3, 0.4) is 0 Å². The Bertz CT molecular complexity index is 1570. The molecule has 0 amide bonds. The maximum absolute atomic E-state index is 12.9. The zero-order valence-corrected chi connectivity index (χ0v) is 19.0. The minimum absolute atomic E-state index is 0.212. The van der Waals surface area contributed by atoms with Crippen molar-refractivity contribution in [1.82, 2.24) is 40.0 Å². The lowest BCUT2D eigenvalue weighted by atomic mass is 10.1. The second kappa shape index (κ2) is 8.31. The Morgan fingerprint density at radius 1 is 1.00 bits per heavy atom. The zero-order valence-electron chi connectivity index (χ0n) is 19.0. The maximum atomic E-state index is 12.9. The average molecular weight is 458 g/mol. The molecule has 0 bridgehead atoms. The van der Waals surface area contributed by atoms with Gasteiger partial charge in [0, 0.05) is 18.8 Å². The van der Waals surface area contributed by atoms with Crippen LogP contribution >= 0.6 is 0 Å². The van der Waals surface area contributed by atoms with Crippen molar-refractivity contribution in [2.45, 2.75) is 6.92 Å². The van der Waals surface area contributed by atoms with Gasteiger partial charge in [-0.15, -0.1) is 10.2 Å². The smallest absolute Gasteiger partial charge is 0.277 e. The fourth-order valence-electron chi connectivity index (χ4n) is 3.69. The molecule has 5 rings (SSSR count). The molecule has 3 N–H and O–H groups in total. The highest BCUT2D eigenvalue weighted by molar-refractivity contribution is 5.94. The van der Waals surface area contributed by atoms with Crippen LogP contribution in [0.1, 0.15) is 5.69 Å². The van der Waals surface area contributed by atoms with E-state index in [9.17, 15) is 4.79 Å². The fourth-order valence-corrected chi connectivity index (χ4v) is 3.69. The molecule has 1 aromatic carbocycles. The number of para-hydroxylation sites is 1. The van der Waals surface area contributed by atoms with E-state index in [1.807, 2.05) is 43.3 Å². The van der Waals surface area contributed by atoms with Crippen molar-refractivity contribution in [2.75, 3.05) is 17.7 Å². The molecule has 0 aliphatic rings. The van der Waals surface area contributed by atoms with Crippen molar-refractivity contribution in [3.05, 3.63) is 58.5 Å². The van der Waals surface area contributed by atoms with Crippen LogP contribution in [0.2, 0.25) is 0 Å². The monoisotopic (exact) mass is 458 g/mol. The van der Waals surface area contributed by atoms with E-state index in [-0.39, 0.29) is 5.56 Å². The number of nitrogens with one attached hydrogen (secondary N) is 3. The van der Waals surface area contributed by atoms with Crippen molar-refractivity contribution in [3.63, 3.8) is 0 Å². The summed E-state index contributed by atoms with van der Waals surface area (Å²) in [5.41, 5.74) is 2.92. The van der Waals surface area contributed by atoms with Crippen LogP contribution in [0, 0.1) is 6.92 Å². The SMILES string of the molecule is COc1c(Nc2cc(Nc3cccc(C)n3)nc3[nH]n(C)c(=O)c23)cccc1-c1nnn(C)n1. The normalized spacial score (nSPS) is 11.1. The van der Waals surface area contributed by atoms with Gasteiger partial charge in [0.25, 0.3) is 5.56 Å². The third-order valence-corrected chi connectivity index (χ3v) is 5.19. The van der Waals surface area contributed by atoms with Gasteiger partial charge >= 0.3 is 0 Å². The molecule has 172 valence electrons. The lowest BCUT2D eigenvalue weighted by molar-refractivity contribution is 0.418. The number of rotatable bonds is 6. The van der Waals surface area contributed by atoms with Crippen LogP contribution in [-0.4, -0.2) is 47.1 Å². The number of hydrogen-bond donors (Lipinski definition) is 3. The Hall–Kier alpha value is -4.74. The van der Waals surface area contributed by atoms with Gasteiger partial charge in [0.1, 0.15) is 17.0 Å². The predicted octanol–water partition coefficient (Wildman–Crippen LogP) is 2.65. The molecule has 0 atom stereocenters. The number of anilines is 4. The minimum atomic E-state index is -0.212. The van der Waals surface area contributed by atoms with Crippen molar-refractivity contribution in [1.29, 1.82) is 0 Å². The van der Waals surface area contributed by atoms with Gasteiger partial charge in [-0.1, -0.05) is 12.1 Å². The van der Waals surface area contributed by atoms with Crippen molar-refractivity contribution >= 4 is 34.0 Å². The van der Waals surface area contributed by atoms with Gasteiger partial charge in [0.05, 0.1) is 31.1 Å². The molecule has 0 fully saturated rings. The first-order valence-electron chi connectivity index (χ1n) is 10.4. The van der Waals surface area contributed by atoms with Crippen LogP contribution in [0.25, 0.3) is 22.4 Å². The van der Waals surface area contributed by atoms with Crippen LogP contribution in [0.5, 0.6) is 5.75 Å². The summed E-state index contributed by atoms with van der Waals surface area (Å²) in [4.78, 5) is 23.3. The van der Waals surface area contributed by atoms with Crippen LogP contribution in [-0.2, 0) is 14.1 Å². The lowest BCUT2D eigenvalue weighted by Gasteiger charge is -2.15. The van der Waals surface area contributed by atoms with E-state index in [1.54, 1.807) is 27.3 Å². The number of nitrogens with zero attached hydrogens (tertiary/aromatic N) is 7. The Balaban J connectivity index is 1.61. The summed E-state index contributed by atoms with van der Waals surface area (Å²) in [5, 5.41) is 22.2. The fraction of sp³-hybridized carbons (Fsp3) is 0.182. The highest BCUT2D eigenvalue weighted by Gasteiger charge is 2.18. The molecule has 5 aromatic rings. The topological polar surface area (TPSA) is 140 Å². The van der Waals surface area contributed by atoms with Gasteiger partial charge in [-0.05, 0) is 36.4 Å². The number of ether oxygens (including phenoxy) is 1. The predicted molar refractivity (Wildman–Crippen MR) is 128 cm³/mol. The van der Waals surface area contributed by atoms with Gasteiger partial charge in [-0.25, -0.2) is 9.97 Å². The molecule has 0 aliphatic heterocycles. The summed E-state index contributed by atoms with van der Waals surface area (Å²) < 4.78 is 7.07. The van der Waals surface area contributed by atoms with Gasteiger partial charge in [0.15, 0.2) is 11.4 Å². The standard InChI is InChI=1S/C22H22N10O2/c1-12-7-5-10-16(23-12)25-17-11-15(18-21(26-17)28-31(2)22(18)33)24-14-9-6-8-13(19(14)34-4)20-27-30-32(3)29-20/h5-11H,1-4H3,(H3,23,24,25,26,28). The number of methoxy groups -OCH3 is 1. The van der Waals surface area contributed by atoms with E-state index < -0.39 is 0 Å². The van der Waals surface area contributed by atoms with E-state index in [0.717, 1.165) is 5.69 Å². The van der Waals surface area contributed by atoms with Crippen molar-refractivity contribution < 1.29 is 4.74 Å². The van der Waals surface area contributed by atoms with Gasteiger partial charge in [0.2, 0.25) is 5.82 Å². The van der Waals surface area contributed by atoms with E-state index in [2.05, 4.69) is 41.1 Å². The highest BCUT2D eigenvalue weighted by Crippen LogP contribution is 2.37. The van der Waals surface area contributed by atoms with Crippen LogP contribution in [0.4, 0.5) is 23.0 Å². The first-order valence-corrected chi connectivity index (χ1v) is 10.4. The maximum Gasteiger partial charge on any atom is 0.277 e. The zero-order chi connectivity index (χ0) is 23.8. The number of aryl methyl sites for hydroxylation is 3. The van der Waals surface area contributed by atoms with E-state index in [4.69, 9.17) is 4.74 Å². The molecule has 0 saturated carbocycles. The number of aromatic nitrogens is 8. The largest absolute Gasteiger partial charge is 0.494 e. The van der Waals surface area contributed by atoms with Crippen molar-refractivity contribution in [3.8, 4) is 17.1 Å². The number of hydrogen-bond acceptors (Lipinski definition) is 9. The van der Waals surface area contributed by atoms with E-state index >= 15 is 0 Å². The Labute approximate surface area is 193 Å². The molecule has 4 heterocycles. The lowest BCUT2D eigenvalue weighted by Crippen LogP contribution is -2.12. The molecule has 0 unspecified atom stereocenters. The summed E-state index contributed by atoms with van der Waals surface area (Å²) in [5.74, 6) is 2.10. The number of pyridine rings is 2. The molecule has 4 aromatic heterocycles. The van der Waals surface area contributed by atoms with Crippen molar-refractivity contribution in [2.24, 2.45) is 14.1 Å². The van der Waals surface area contributed by atoms with Gasteiger partial charge in [-0.3, -0.25) is 14.6 Å². The third-order valence-electron chi connectivity index (χ3n) is 5.19. The van der Waals surface area contributed by atoms with E-state index in [1.165, 1.54) is 9.48 Å². The Kier molecular flexibility index (Phi) is 5.17. The van der Waals surface area contributed by atoms with Crippen LogP contribution < -0.4 is 20.9 Å². The molecular weight excluding hydrogens is 436 g/mol. The minimum Gasteiger partial charge on any atom is -0.494 e. The summed E-state index contributed by atoms with van der Waals surface area (Å²) in [7, 11) is 4.90. The number of benzene rings is 1.